The van der Waals surface area contributed by atoms with E-state index in [-0.39, 0.29) is 18.0 Å². The molecule has 0 N–H and O–H groups in total. The van der Waals surface area contributed by atoms with E-state index >= 15 is 0 Å². The predicted octanol–water partition coefficient (Wildman–Crippen LogP) is 2.67. The number of carbonyl (C=O) groups excluding carboxylic acids is 2. The van der Waals surface area contributed by atoms with Gasteiger partial charge in [0.15, 0.2) is 0 Å². The van der Waals surface area contributed by atoms with Gasteiger partial charge in [0.2, 0.25) is 0 Å². The van der Waals surface area contributed by atoms with Crippen molar-refractivity contribution < 1.29 is 9.59 Å². The lowest BCUT2D eigenvalue weighted by molar-refractivity contribution is -0.128. The summed E-state index contributed by atoms with van der Waals surface area (Å²) >= 11 is 6.12. The molecule has 3 saturated heterocycles. The summed E-state index contributed by atoms with van der Waals surface area (Å²) in [6.45, 7) is 7.30. The first-order valence-corrected chi connectivity index (χ1v) is 10.3. The van der Waals surface area contributed by atoms with Crippen molar-refractivity contribution in [3.05, 3.63) is 29.3 Å². The molecule has 0 aromatic heterocycles. The van der Waals surface area contributed by atoms with Crippen LogP contribution in [0.25, 0.3) is 0 Å². The van der Waals surface area contributed by atoms with Crippen LogP contribution in [0.3, 0.4) is 0 Å². The number of hydrogen-bond acceptors (Lipinski definition) is 4. The van der Waals surface area contributed by atoms with Crippen molar-refractivity contribution >= 4 is 29.2 Å². The first-order chi connectivity index (χ1) is 13.0. The van der Waals surface area contributed by atoms with Gasteiger partial charge in [-0.15, -0.1) is 0 Å². The van der Waals surface area contributed by atoms with Crippen LogP contribution in [0.15, 0.2) is 24.3 Å². The molecule has 1 aromatic carbocycles. The van der Waals surface area contributed by atoms with Gasteiger partial charge in [0.1, 0.15) is 6.04 Å². The molecule has 2 atom stereocenters. The highest BCUT2D eigenvalue weighted by atomic mass is 35.5. The third-order valence-corrected chi connectivity index (χ3v) is 6.28. The van der Waals surface area contributed by atoms with Crippen molar-refractivity contribution in [2.75, 3.05) is 44.2 Å². The van der Waals surface area contributed by atoms with Crippen molar-refractivity contribution in [1.29, 1.82) is 0 Å². The number of hydrogen-bond donors (Lipinski definition) is 0. The lowest BCUT2D eigenvalue weighted by Crippen LogP contribution is -2.52. The Labute approximate surface area is 165 Å². The average molecular weight is 391 g/mol. The highest BCUT2D eigenvalue weighted by Crippen LogP contribution is 2.27. The van der Waals surface area contributed by atoms with Gasteiger partial charge >= 0.3 is 6.03 Å². The van der Waals surface area contributed by atoms with Gasteiger partial charge in [-0.2, -0.15) is 0 Å². The molecule has 6 nitrogen and oxygen atoms in total. The molecule has 146 valence electrons. The molecular formula is C20H27ClN4O2. The standard InChI is InChI=1S/C20H27ClN4O2/c1-15-14-23(17-6-2-5-16(21)13-17)12-11-22(15)8-4-10-25-19(26)18-7-3-9-24(18)20(25)27/h2,5-6,13,15,18H,3-4,7-12,14H2,1H3/t15-,18?/m1/s1. The van der Waals surface area contributed by atoms with Crippen LogP contribution in [-0.2, 0) is 4.79 Å². The number of nitrogens with zero attached hydrogens (tertiary/aromatic N) is 4. The second-order valence-electron chi connectivity index (χ2n) is 7.79. The maximum atomic E-state index is 12.4. The number of rotatable bonds is 5. The van der Waals surface area contributed by atoms with Crippen LogP contribution in [0.5, 0.6) is 0 Å². The van der Waals surface area contributed by atoms with Crippen LogP contribution in [0.2, 0.25) is 5.02 Å². The van der Waals surface area contributed by atoms with Gasteiger partial charge < -0.3 is 9.80 Å². The minimum atomic E-state index is -0.183. The summed E-state index contributed by atoms with van der Waals surface area (Å²) in [6.07, 6.45) is 2.60. The maximum absolute atomic E-state index is 12.4. The van der Waals surface area contributed by atoms with E-state index in [0.29, 0.717) is 12.6 Å². The number of halogens is 1. The van der Waals surface area contributed by atoms with Crippen molar-refractivity contribution in [2.45, 2.75) is 38.3 Å². The summed E-state index contributed by atoms with van der Waals surface area (Å²) in [5.41, 5.74) is 1.17. The summed E-state index contributed by atoms with van der Waals surface area (Å²) in [4.78, 5) is 32.8. The molecule has 7 heteroatoms. The van der Waals surface area contributed by atoms with Gasteiger partial charge in [-0.25, -0.2) is 4.79 Å². The Morgan fingerprint density at radius 3 is 2.74 bits per heavy atom. The molecule has 3 fully saturated rings. The summed E-state index contributed by atoms with van der Waals surface area (Å²) in [6, 6.07) is 8.16. The zero-order chi connectivity index (χ0) is 19.0. The summed E-state index contributed by atoms with van der Waals surface area (Å²) in [5, 5.41) is 0.767. The first kappa shape index (κ1) is 18.6. The van der Waals surface area contributed by atoms with E-state index < -0.39 is 0 Å². The van der Waals surface area contributed by atoms with E-state index in [1.807, 2.05) is 18.2 Å². The normalized spacial score (nSPS) is 26.2. The minimum absolute atomic E-state index is 0.0105. The van der Waals surface area contributed by atoms with Crippen LogP contribution < -0.4 is 4.90 Å². The molecule has 27 heavy (non-hydrogen) atoms. The Morgan fingerprint density at radius 1 is 1.15 bits per heavy atom. The number of fused-ring (bicyclic) bond motifs is 1. The third kappa shape index (κ3) is 3.65. The molecule has 3 heterocycles. The second-order valence-corrected chi connectivity index (χ2v) is 8.22. The van der Waals surface area contributed by atoms with E-state index in [1.54, 1.807) is 4.90 Å². The Kier molecular flexibility index (Phi) is 5.28. The quantitative estimate of drug-likeness (QED) is 0.725. The van der Waals surface area contributed by atoms with Crippen LogP contribution in [0.4, 0.5) is 10.5 Å². The van der Waals surface area contributed by atoms with E-state index in [2.05, 4.69) is 22.8 Å². The minimum Gasteiger partial charge on any atom is -0.369 e. The maximum Gasteiger partial charge on any atom is 0.327 e. The van der Waals surface area contributed by atoms with Gasteiger partial charge in [0.25, 0.3) is 5.91 Å². The molecule has 3 amide bonds. The Bertz CT molecular complexity index is 706. The lowest BCUT2D eigenvalue weighted by atomic mass is 10.1. The SMILES string of the molecule is C[C@@H]1CN(c2cccc(Cl)c2)CCN1CCCN1C(=O)C2CCCN2C1=O. The number of carbonyl (C=O) groups is 2. The Hall–Kier alpha value is -1.79. The molecule has 0 spiro atoms. The second kappa shape index (κ2) is 7.68. The Morgan fingerprint density at radius 2 is 2.00 bits per heavy atom. The number of imide groups is 1. The largest absolute Gasteiger partial charge is 0.369 e. The molecule has 3 aliphatic heterocycles. The Balaban J connectivity index is 1.26. The first-order valence-electron chi connectivity index (χ1n) is 9.91. The molecule has 4 rings (SSSR count). The van der Waals surface area contributed by atoms with Crippen molar-refractivity contribution in [3.63, 3.8) is 0 Å². The fourth-order valence-corrected chi connectivity index (χ4v) is 4.74. The molecule has 0 saturated carbocycles. The highest BCUT2D eigenvalue weighted by Gasteiger charge is 2.46. The molecule has 3 aliphatic rings. The van der Waals surface area contributed by atoms with E-state index in [4.69, 9.17) is 11.6 Å². The predicted molar refractivity (Wildman–Crippen MR) is 106 cm³/mol. The van der Waals surface area contributed by atoms with Gasteiger partial charge in [-0.05, 0) is 44.4 Å². The van der Waals surface area contributed by atoms with Crippen LogP contribution in [0, 0.1) is 0 Å². The average Bonchev–Trinajstić information content (AvgIpc) is 3.22. The zero-order valence-electron chi connectivity index (χ0n) is 15.8. The molecule has 1 unspecified atom stereocenters. The number of benzene rings is 1. The summed E-state index contributed by atoms with van der Waals surface area (Å²) in [7, 11) is 0. The van der Waals surface area contributed by atoms with Crippen molar-refractivity contribution in [3.8, 4) is 0 Å². The number of amides is 3. The summed E-state index contributed by atoms with van der Waals surface area (Å²) in [5.74, 6) is 0.0105. The number of piperazine rings is 1. The molecule has 1 aromatic rings. The zero-order valence-corrected chi connectivity index (χ0v) is 16.6. The molecule has 0 bridgehead atoms. The number of anilines is 1. The van der Waals surface area contributed by atoms with Gasteiger partial charge in [0, 0.05) is 56.0 Å². The molecular weight excluding hydrogens is 364 g/mol. The van der Waals surface area contributed by atoms with E-state index in [0.717, 1.165) is 57.0 Å². The van der Waals surface area contributed by atoms with Gasteiger partial charge in [0.05, 0.1) is 0 Å². The van der Waals surface area contributed by atoms with Gasteiger partial charge in [-0.3, -0.25) is 14.6 Å². The monoisotopic (exact) mass is 390 g/mol. The van der Waals surface area contributed by atoms with E-state index in [1.165, 1.54) is 10.6 Å². The fourth-order valence-electron chi connectivity index (χ4n) is 4.55. The van der Waals surface area contributed by atoms with Crippen LogP contribution in [-0.4, -0.2) is 78.0 Å². The third-order valence-electron chi connectivity index (χ3n) is 6.05. The highest BCUT2D eigenvalue weighted by molar-refractivity contribution is 6.30. The fraction of sp³-hybridized carbons (Fsp3) is 0.600. The smallest absolute Gasteiger partial charge is 0.327 e. The molecule has 0 aliphatic carbocycles. The molecule has 0 radical (unpaired) electrons. The van der Waals surface area contributed by atoms with Crippen molar-refractivity contribution in [1.82, 2.24) is 14.7 Å². The van der Waals surface area contributed by atoms with Crippen LogP contribution >= 0.6 is 11.6 Å². The van der Waals surface area contributed by atoms with Crippen molar-refractivity contribution in [2.24, 2.45) is 0 Å². The van der Waals surface area contributed by atoms with E-state index in [9.17, 15) is 9.59 Å². The topological polar surface area (TPSA) is 47.1 Å². The number of urea groups is 1. The van der Waals surface area contributed by atoms with Gasteiger partial charge in [-0.1, -0.05) is 17.7 Å². The summed E-state index contributed by atoms with van der Waals surface area (Å²) < 4.78 is 0. The lowest BCUT2D eigenvalue weighted by Gasteiger charge is -2.41. The van der Waals surface area contributed by atoms with Crippen LogP contribution in [0.1, 0.15) is 26.2 Å².